The molecule has 3 N–H and O–H groups in total. The summed E-state index contributed by atoms with van der Waals surface area (Å²) in [6, 6.07) is 8.39. The highest BCUT2D eigenvalue weighted by molar-refractivity contribution is 9.10. The molecule has 0 aliphatic heterocycles. The Bertz CT molecular complexity index is 807. The number of nitrogens with one attached hydrogen (secondary N) is 1. The standard InChI is InChI=1S/C14H14BrClN2O2S/c1-8-3-4-9(2)12(5-8)18-21(19,20)13-7-10(16)6-11(17)14(13)15/h3-7,18H,17H2,1-2H3. The first-order chi connectivity index (χ1) is 9.70. The SMILES string of the molecule is Cc1ccc(C)c(NS(=O)(=O)c2cc(Cl)cc(N)c2Br)c1. The third kappa shape index (κ3) is 3.51. The molecule has 0 saturated heterocycles. The van der Waals surface area contributed by atoms with Gasteiger partial charge in [0.25, 0.3) is 10.0 Å². The lowest BCUT2D eigenvalue weighted by atomic mass is 10.1. The van der Waals surface area contributed by atoms with Crippen LogP contribution in [0.2, 0.25) is 5.02 Å². The quantitative estimate of drug-likeness (QED) is 0.776. The Morgan fingerprint density at radius 3 is 2.52 bits per heavy atom. The first kappa shape index (κ1) is 16.1. The van der Waals surface area contributed by atoms with Crippen LogP contribution in [0.3, 0.4) is 0 Å². The van der Waals surface area contributed by atoms with E-state index in [0.717, 1.165) is 11.1 Å². The van der Waals surface area contributed by atoms with Crippen LogP contribution in [0, 0.1) is 13.8 Å². The van der Waals surface area contributed by atoms with Gasteiger partial charge in [0.2, 0.25) is 0 Å². The lowest BCUT2D eigenvalue weighted by molar-refractivity contribution is 0.601. The van der Waals surface area contributed by atoms with E-state index in [1.54, 1.807) is 6.07 Å². The molecule has 4 nitrogen and oxygen atoms in total. The number of benzene rings is 2. The van der Waals surface area contributed by atoms with Gasteiger partial charge in [0.1, 0.15) is 4.90 Å². The van der Waals surface area contributed by atoms with Crippen LogP contribution < -0.4 is 10.5 Å². The van der Waals surface area contributed by atoms with Gasteiger partial charge in [-0.05, 0) is 59.1 Å². The van der Waals surface area contributed by atoms with Crippen molar-refractivity contribution in [1.29, 1.82) is 0 Å². The number of anilines is 2. The van der Waals surface area contributed by atoms with E-state index in [4.69, 9.17) is 17.3 Å². The van der Waals surface area contributed by atoms with Crippen LogP contribution in [0.25, 0.3) is 0 Å². The fourth-order valence-electron chi connectivity index (χ4n) is 1.83. The Hall–Kier alpha value is -1.24. The molecule has 0 fully saturated rings. The molecule has 2 aromatic rings. The van der Waals surface area contributed by atoms with E-state index in [-0.39, 0.29) is 15.6 Å². The second-order valence-electron chi connectivity index (χ2n) is 4.73. The van der Waals surface area contributed by atoms with Crippen molar-refractivity contribution in [2.24, 2.45) is 0 Å². The normalized spacial score (nSPS) is 11.4. The molecule has 7 heteroatoms. The predicted octanol–water partition coefficient (Wildman–Crippen LogP) is 4.10. The summed E-state index contributed by atoms with van der Waals surface area (Å²) >= 11 is 9.09. The van der Waals surface area contributed by atoms with Gasteiger partial charge in [0.05, 0.1) is 10.2 Å². The van der Waals surface area contributed by atoms with Gasteiger partial charge in [-0.3, -0.25) is 4.72 Å². The van der Waals surface area contributed by atoms with Crippen molar-refractivity contribution >= 4 is 48.9 Å². The van der Waals surface area contributed by atoms with E-state index in [2.05, 4.69) is 20.7 Å². The minimum atomic E-state index is -3.79. The zero-order valence-corrected chi connectivity index (χ0v) is 14.6. The third-order valence-corrected chi connectivity index (χ3v) is 5.71. The van der Waals surface area contributed by atoms with Gasteiger partial charge in [-0.25, -0.2) is 8.42 Å². The van der Waals surface area contributed by atoms with Crippen molar-refractivity contribution in [3.63, 3.8) is 0 Å². The fourth-order valence-corrected chi connectivity index (χ4v) is 4.24. The van der Waals surface area contributed by atoms with E-state index in [1.807, 2.05) is 26.0 Å². The molecule has 21 heavy (non-hydrogen) atoms. The third-order valence-electron chi connectivity index (χ3n) is 2.96. The fraction of sp³-hybridized carbons (Fsp3) is 0.143. The second kappa shape index (κ2) is 5.87. The maximum absolute atomic E-state index is 12.5. The van der Waals surface area contributed by atoms with Crippen LogP contribution in [0.15, 0.2) is 39.7 Å². The van der Waals surface area contributed by atoms with Crippen LogP contribution in [-0.4, -0.2) is 8.42 Å². The summed E-state index contributed by atoms with van der Waals surface area (Å²) in [6.07, 6.45) is 0. The maximum Gasteiger partial charge on any atom is 0.263 e. The lowest BCUT2D eigenvalue weighted by Crippen LogP contribution is -2.15. The molecule has 0 aliphatic carbocycles. The van der Waals surface area contributed by atoms with Crippen LogP contribution >= 0.6 is 27.5 Å². The summed E-state index contributed by atoms with van der Waals surface area (Å²) in [5, 5.41) is 0.261. The van der Waals surface area contributed by atoms with Gasteiger partial charge in [0, 0.05) is 10.7 Å². The van der Waals surface area contributed by atoms with Gasteiger partial charge in [-0.2, -0.15) is 0 Å². The summed E-state index contributed by atoms with van der Waals surface area (Å²) in [5.74, 6) is 0. The molecule has 0 aliphatic rings. The first-order valence-corrected chi connectivity index (χ1v) is 8.71. The van der Waals surface area contributed by atoms with Crippen LogP contribution in [-0.2, 0) is 10.0 Å². The highest BCUT2D eigenvalue weighted by Crippen LogP contribution is 2.33. The summed E-state index contributed by atoms with van der Waals surface area (Å²) in [6.45, 7) is 3.73. The van der Waals surface area contributed by atoms with E-state index < -0.39 is 10.0 Å². The number of sulfonamides is 1. The minimum Gasteiger partial charge on any atom is -0.398 e. The van der Waals surface area contributed by atoms with Gasteiger partial charge in [-0.1, -0.05) is 23.7 Å². The highest BCUT2D eigenvalue weighted by atomic mass is 79.9. The average Bonchev–Trinajstić information content (AvgIpc) is 2.37. The van der Waals surface area contributed by atoms with E-state index >= 15 is 0 Å². The van der Waals surface area contributed by atoms with Crippen LogP contribution in [0.1, 0.15) is 11.1 Å². The Morgan fingerprint density at radius 1 is 1.19 bits per heavy atom. The number of nitrogen functional groups attached to an aromatic ring is 1. The van der Waals surface area contributed by atoms with Gasteiger partial charge in [0.15, 0.2) is 0 Å². The number of halogens is 2. The number of hydrogen-bond acceptors (Lipinski definition) is 3. The van der Waals surface area contributed by atoms with E-state index in [9.17, 15) is 8.42 Å². The van der Waals surface area contributed by atoms with Gasteiger partial charge in [-0.15, -0.1) is 0 Å². The molecule has 0 radical (unpaired) electrons. The zero-order valence-electron chi connectivity index (χ0n) is 11.4. The Labute approximate surface area is 137 Å². The summed E-state index contributed by atoms with van der Waals surface area (Å²) < 4.78 is 27.9. The Balaban J connectivity index is 2.51. The molecular formula is C14H14BrClN2O2S. The molecule has 0 unspecified atom stereocenters. The Morgan fingerprint density at radius 2 is 1.86 bits per heavy atom. The van der Waals surface area contributed by atoms with E-state index in [0.29, 0.717) is 10.2 Å². The topological polar surface area (TPSA) is 72.2 Å². The Kier molecular flexibility index (Phi) is 4.51. The number of aryl methyl sites for hydroxylation is 2. The van der Waals surface area contributed by atoms with Crippen molar-refractivity contribution in [3.8, 4) is 0 Å². The lowest BCUT2D eigenvalue weighted by Gasteiger charge is -2.13. The van der Waals surface area contributed by atoms with Crippen molar-refractivity contribution < 1.29 is 8.42 Å². The monoisotopic (exact) mass is 388 g/mol. The number of rotatable bonds is 3. The van der Waals surface area contributed by atoms with Crippen LogP contribution in [0.4, 0.5) is 11.4 Å². The molecule has 0 heterocycles. The molecule has 0 bridgehead atoms. The molecule has 112 valence electrons. The largest absolute Gasteiger partial charge is 0.398 e. The first-order valence-electron chi connectivity index (χ1n) is 6.05. The zero-order chi connectivity index (χ0) is 15.8. The molecule has 2 aromatic carbocycles. The average molecular weight is 390 g/mol. The van der Waals surface area contributed by atoms with Gasteiger partial charge < -0.3 is 5.73 Å². The smallest absolute Gasteiger partial charge is 0.263 e. The maximum atomic E-state index is 12.5. The molecule has 0 saturated carbocycles. The number of hydrogen-bond donors (Lipinski definition) is 2. The summed E-state index contributed by atoms with van der Waals surface area (Å²) in [7, 11) is -3.79. The summed E-state index contributed by atoms with van der Waals surface area (Å²) in [5.41, 5.74) is 8.33. The van der Waals surface area contributed by atoms with Crippen molar-refractivity contribution in [2.45, 2.75) is 18.7 Å². The van der Waals surface area contributed by atoms with E-state index in [1.165, 1.54) is 12.1 Å². The highest BCUT2D eigenvalue weighted by Gasteiger charge is 2.21. The molecule has 0 amide bonds. The van der Waals surface area contributed by atoms with Crippen molar-refractivity contribution in [2.75, 3.05) is 10.5 Å². The molecular weight excluding hydrogens is 376 g/mol. The second-order valence-corrected chi connectivity index (χ2v) is 7.61. The predicted molar refractivity (Wildman–Crippen MR) is 90.3 cm³/mol. The molecule has 0 spiro atoms. The van der Waals surface area contributed by atoms with Gasteiger partial charge >= 0.3 is 0 Å². The minimum absolute atomic E-state index is 0.00778. The molecule has 0 aromatic heterocycles. The summed E-state index contributed by atoms with van der Waals surface area (Å²) in [4.78, 5) is 0.00778. The van der Waals surface area contributed by atoms with Crippen molar-refractivity contribution in [1.82, 2.24) is 0 Å². The number of nitrogens with two attached hydrogens (primary N) is 1. The van der Waals surface area contributed by atoms with Crippen LogP contribution in [0.5, 0.6) is 0 Å². The van der Waals surface area contributed by atoms with Crippen molar-refractivity contribution in [3.05, 3.63) is 51.0 Å². The molecule has 2 rings (SSSR count). The molecule has 0 atom stereocenters.